The van der Waals surface area contributed by atoms with Crippen molar-refractivity contribution in [3.05, 3.63) is 131 Å². The van der Waals surface area contributed by atoms with Crippen molar-refractivity contribution < 1.29 is 38.1 Å². The number of fused-ring (bicyclic) bond motifs is 2. The zero-order valence-corrected chi connectivity index (χ0v) is 29.3. The van der Waals surface area contributed by atoms with E-state index < -0.39 is 56.0 Å². The number of aliphatic hydroxyl groups excluding tert-OH is 1. The van der Waals surface area contributed by atoms with Crippen molar-refractivity contribution in [2.24, 2.45) is 0 Å². The third kappa shape index (κ3) is 7.71. The van der Waals surface area contributed by atoms with E-state index in [1.165, 1.54) is 17.8 Å². The van der Waals surface area contributed by atoms with Crippen LogP contribution in [0.25, 0.3) is 21.9 Å². The highest BCUT2D eigenvalue weighted by atomic mass is 31.2. The van der Waals surface area contributed by atoms with Crippen LogP contribution in [-0.2, 0) is 36.4 Å². The molecule has 16 heteroatoms. The monoisotopic (exact) mass is 740 g/mol. The van der Waals surface area contributed by atoms with Crippen molar-refractivity contribution in [3.63, 3.8) is 0 Å². The first-order valence-electron chi connectivity index (χ1n) is 16.7. The molecule has 0 bridgehead atoms. The van der Waals surface area contributed by atoms with Crippen molar-refractivity contribution in [1.82, 2.24) is 24.6 Å². The van der Waals surface area contributed by atoms with Crippen molar-refractivity contribution in [2.75, 3.05) is 12.3 Å². The molecule has 1 unspecified atom stereocenters. The maximum absolute atomic E-state index is 14.9. The van der Waals surface area contributed by atoms with Gasteiger partial charge in [0.1, 0.15) is 36.2 Å². The van der Waals surface area contributed by atoms with Crippen LogP contribution >= 0.6 is 7.75 Å². The van der Waals surface area contributed by atoms with Crippen LogP contribution in [0.2, 0.25) is 0 Å². The van der Waals surface area contributed by atoms with Crippen molar-refractivity contribution in [1.29, 1.82) is 0 Å². The Morgan fingerprint density at radius 1 is 1.04 bits per heavy atom. The molecule has 6 aromatic rings. The molecular formula is C37H37N6O9P. The van der Waals surface area contributed by atoms with Gasteiger partial charge in [0.05, 0.1) is 12.9 Å². The van der Waals surface area contributed by atoms with Crippen LogP contribution in [-0.4, -0.2) is 66.2 Å². The summed E-state index contributed by atoms with van der Waals surface area (Å²) >= 11 is 0. The second kappa shape index (κ2) is 14.9. The van der Waals surface area contributed by atoms with E-state index in [2.05, 4.69) is 20.0 Å². The number of carbonyl (C=O) groups excluding carboxylic acids is 1. The van der Waals surface area contributed by atoms with Gasteiger partial charge in [0, 0.05) is 5.39 Å². The molecule has 1 fully saturated rings. The number of hydrogen-bond acceptors (Lipinski definition) is 12. The van der Waals surface area contributed by atoms with Crippen molar-refractivity contribution in [3.8, 4) is 5.75 Å². The third-order valence-corrected chi connectivity index (χ3v) is 10.5. The highest BCUT2D eigenvalue weighted by Crippen LogP contribution is 2.49. The van der Waals surface area contributed by atoms with E-state index in [1.54, 1.807) is 24.3 Å². The Kier molecular flexibility index (Phi) is 10.1. The van der Waals surface area contributed by atoms with E-state index in [1.807, 2.05) is 78.9 Å². The zero-order valence-electron chi connectivity index (χ0n) is 28.4. The summed E-state index contributed by atoms with van der Waals surface area (Å²) in [6.45, 7) is 0.715. The molecular weight excluding hydrogens is 703 g/mol. The van der Waals surface area contributed by atoms with E-state index in [9.17, 15) is 24.4 Å². The lowest BCUT2D eigenvalue weighted by molar-refractivity contribution is -0.147. The number of nitrogen functional groups attached to an aromatic ring is 1. The molecule has 53 heavy (non-hydrogen) atoms. The largest absolute Gasteiger partial charge is 0.460 e. The molecule has 0 amide bonds. The van der Waals surface area contributed by atoms with Crippen LogP contribution in [0.4, 0.5) is 5.95 Å². The molecule has 1 aliphatic rings. The number of nitrogens with two attached hydrogens (primary N) is 1. The minimum atomic E-state index is -4.56. The molecule has 274 valence electrons. The molecule has 0 radical (unpaired) electrons. The summed E-state index contributed by atoms with van der Waals surface area (Å²) in [5.74, 6) is -0.698. The molecule has 4 aromatic carbocycles. The number of nitrogens with zero attached hydrogens (tertiary/aromatic N) is 3. The Labute approximate surface area is 302 Å². The fourth-order valence-corrected chi connectivity index (χ4v) is 7.73. The third-order valence-electron chi connectivity index (χ3n) is 8.94. The van der Waals surface area contributed by atoms with E-state index >= 15 is 0 Å². The number of hydrogen-bond donors (Lipinski definition) is 5. The van der Waals surface area contributed by atoms with Crippen LogP contribution in [0, 0.1) is 0 Å². The maximum atomic E-state index is 14.9. The van der Waals surface area contributed by atoms with Gasteiger partial charge in [-0.1, -0.05) is 97.1 Å². The quantitative estimate of drug-likeness (QED) is 0.0838. The van der Waals surface area contributed by atoms with Gasteiger partial charge in [-0.3, -0.25) is 23.7 Å². The molecule has 0 spiro atoms. The number of nitrogens with one attached hydrogen (secondary N) is 2. The Balaban J connectivity index is 1.19. The highest BCUT2D eigenvalue weighted by molar-refractivity contribution is 7.52. The molecule has 6 atom stereocenters. The van der Waals surface area contributed by atoms with E-state index in [0.717, 1.165) is 16.5 Å². The fraction of sp³-hybridized carbons (Fsp3) is 0.243. The first-order valence-corrected chi connectivity index (χ1v) is 18.3. The van der Waals surface area contributed by atoms with Gasteiger partial charge < -0.3 is 29.9 Å². The Hall–Kier alpha value is -5.41. The zero-order chi connectivity index (χ0) is 37.2. The summed E-state index contributed by atoms with van der Waals surface area (Å²) in [5, 5.41) is 27.0. The lowest BCUT2D eigenvalue weighted by Gasteiger charge is -2.27. The Morgan fingerprint density at radius 3 is 2.47 bits per heavy atom. The summed E-state index contributed by atoms with van der Waals surface area (Å²) in [6, 6.07) is 29.5. The smallest absolute Gasteiger partial charge is 0.459 e. The van der Waals surface area contributed by atoms with Crippen molar-refractivity contribution in [2.45, 2.75) is 50.0 Å². The topological polar surface area (TPSA) is 213 Å². The normalized spacial score (nSPS) is 21.7. The molecule has 0 saturated carbocycles. The van der Waals surface area contributed by atoms with Gasteiger partial charge in [-0.2, -0.15) is 10.1 Å². The van der Waals surface area contributed by atoms with E-state index in [0.29, 0.717) is 5.39 Å². The van der Waals surface area contributed by atoms with Crippen LogP contribution in [0.1, 0.15) is 24.3 Å². The van der Waals surface area contributed by atoms with Gasteiger partial charge in [-0.25, -0.2) is 9.55 Å². The number of imidazole rings is 1. The average Bonchev–Trinajstić information content (AvgIpc) is 3.67. The summed E-state index contributed by atoms with van der Waals surface area (Å²) in [4.78, 5) is 36.7. The number of carbonyl (C=O) groups is 1. The minimum absolute atomic E-state index is 0.00897. The number of H-pyrrole nitrogens is 1. The van der Waals surface area contributed by atoms with Gasteiger partial charge in [0.2, 0.25) is 5.95 Å². The molecule has 6 N–H and O–H groups in total. The van der Waals surface area contributed by atoms with Crippen LogP contribution in [0.3, 0.4) is 0 Å². The predicted molar refractivity (Wildman–Crippen MR) is 195 cm³/mol. The van der Waals surface area contributed by atoms with Gasteiger partial charge in [0.25, 0.3) is 5.56 Å². The fourth-order valence-electron chi connectivity index (χ4n) is 6.21. The molecule has 1 aliphatic heterocycles. The number of anilines is 1. The van der Waals surface area contributed by atoms with Crippen molar-refractivity contribution >= 4 is 41.6 Å². The SMILES string of the molecule is C[C@@]1(O)[C@H](O)[C@@H](COP(=O)(N[C@@H](Cc2ccccc2)C(=O)OCc2ccccc2)Oc2cccc3ccccc23)O[C@H]1n1cnc2c(=O)[nH]c(N)nc21. The van der Waals surface area contributed by atoms with Crippen LogP contribution in [0.5, 0.6) is 5.75 Å². The summed E-state index contributed by atoms with van der Waals surface area (Å²) in [7, 11) is -4.56. The standard InChI is InChI=1S/C37H37N6O9P/c1-37(47)31(44)29(51-35(37)43-22-39-30-32(43)40-36(38)41-33(30)45)21-50-53(48,52-28-18-10-16-25-15-8-9-17-26(25)28)42-27(19-23-11-4-2-5-12-23)34(46)49-20-24-13-6-3-7-14-24/h2-18,22,27,29,31,35,44,47H,19-21H2,1H3,(H,42,48)(H3,38,40,41,45)/t27-,29+,31+,35+,37+,53?/m0/s1. The first kappa shape index (κ1) is 36.0. The van der Waals surface area contributed by atoms with Gasteiger partial charge in [0.15, 0.2) is 17.4 Å². The second-order valence-corrected chi connectivity index (χ2v) is 14.5. The number of esters is 1. The second-order valence-electron chi connectivity index (χ2n) is 12.8. The van der Waals surface area contributed by atoms with Crippen LogP contribution < -0.4 is 20.9 Å². The number of aliphatic hydroxyl groups is 2. The molecule has 1 saturated heterocycles. The van der Waals surface area contributed by atoms with Gasteiger partial charge in [-0.15, -0.1) is 0 Å². The predicted octanol–water partition coefficient (Wildman–Crippen LogP) is 4.01. The molecule has 3 heterocycles. The lowest BCUT2D eigenvalue weighted by Crippen LogP contribution is -2.44. The highest BCUT2D eigenvalue weighted by Gasteiger charge is 2.54. The number of ether oxygens (including phenoxy) is 2. The number of rotatable bonds is 13. The van der Waals surface area contributed by atoms with Gasteiger partial charge in [-0.05, 0) is 35.9 Å². The molecule has 0 aliphatic carbocycles. The molecule has 7 rings (SSSR count). The van der Waals surface area contributed by atoms with Crippen LogP contribution in [0.15, 0.2) is 114 Å². The Morgan fingerprint density at radius 2 is 1.72 bits per heavy atom. The number of benzene rings is 4. The molecule has 2 aromatic heterocycles. The first-order chi connectivity index (χ1) is 25.5. The van der Waals surface area contributed by atoms with E-state index in [-0.39, 0.29) is 35.9 Å². The summed E-state index contributed by atoms with van der Waals surface area (Å²) < 4.78 is 40.2. The number of aromatic amines is 1. The minimum Gasteiger partial charge on any atom is -0.460 e. The average molecular weight is 741 g/mol. The summed E-state index contributed by atoms with van der Waals surface area (Å²) in [6.07, 6.45) is -2.94. The maximum Gasteiger partial charge on any atom is 0.459 e. The number of aromatic nitrogens is 4. The van der Waals surface area contributed by atoms with E-state index in [4.69, 9.17) is 24.3 Å². The Bertz CT molecular complexity index is 2330. The van der Waals surface area contributed by atoms with Gasteiger partial charge >= 0.3 is 13.7 Å². The summed E-state index contributed by atoms with van der Waals surface area (Å²) in [5.41, 5.74) is 4.62. The molecule has 15 nitrogen and oxygen atoms in total. The lowest BCUT2D eigenvalue weighted by atomic mass is 9.96.